The highest BCUT2D eigenvalue weighted by atomic mass is 35.5. The molecular formula is C40H38ClF10N5O5. The molecule has 1 unspecified atom stereocenters. The zero-order valence-electron chi connectivity index (χ0n) is 32.7. The van der Waals surface area contributed by atoms with Crippen LogP contribution in [0.25, 0.3) is 0 Å². The molecule has 0 aliphatic heterocycles. The summed E-state index contributed by atoms with van der Waals surface area (Å²) in [6, 6.07) is 15.6. The van der Waals surface area contributed by atoms with Crippen LogP contribution in [0.2, 0.25) is 5.15 Å². The Morgan fingerprint density at radius 3 is 1.84 bits per heavy atom. The fourth-order valence-electron chi connectivity index (χ4n) is 5.33. The first kappa shape index (κ1) is 49.4. The smallest absolute Gasteiger partial charge is 0.435 e. The van der Waals surface area contributed by atoms with Crippen molar-refractivity contribution in [1.29, 1.82) is 0 Å². The van der Waals surface area contributed by atoms with E-state index in [9.17, 15) is 63.1 Å². The van der Waals surface area contributed by atoms with E-state index in [1.54, 1.807) is 38.1 Å². The van der Waals surface area contributed by atoms with E-state index < -0.39 is 60.3 Å². The van der Waals surface area contributed by atoms with Crippen molar-refractivity contribution in [3.8, 4) is 0 Å². The number of carbonyl (C=O) groups excluding carboxylic acids is 4. The van der Waals surface area contributed by atoms with Gasteiger partial charge >= 0.3 is 30.3 Å². The molecule has 0 aliphatic carbocycles. The normalized spacial score (nSPS) is 12.4. The SMILES string of the molecule is Cc1cc(C(F)(C(F)(F)F)C(F)(F)F)cc(C)c1NC(=O)c1cccc(NC(=O)c2cccnc2Cl)c1.Cc1ccc(C(=O)NCC(NC(=O)OCC(F)(F)F)C(C)C)cc1. The topological polar surface area (TPSA) is 139 Å². The Hall–Kier alpha value is -5.92. The number of alkyl carbamates (subject to hydrolysis) is 1. The molecule has 1 heterocycles. The molecule has 1 aromatic heterocycles. The van der Waals surface area contributed by atoms with E-state index in [1.807, 2.05) is 6.92 Å². The Balaban J connectivity index is 0.000000358. The number of hydrogen-bond acceptors (Lipinski definition) is 6. The van der Waals surface area contributed by atoms with Gasteiger partial charge in [0, 0.05) is 40.8 Å². The van der Waals surface area contributed by atoms with Crippen molar-refractivity contribution in [3.05, 3.63) is 123 Å². The third-order valence-electron chi connectivity index (χ3n) is 8.61. The second-order valence-corrected chi connectivity index (χ2v) is 14.1. The quantitative estimate of drug-likeness (QED) is 0.0874. The summed E-state index contributed by atoms with van der Waals surface area (Å²) in [6.45, 7) is 6.12. The number of pyridine rings is 1. The Morgan fingerprint density at radius 1 is 0.721 bits per heavy atom. The number of anilines is 2. The zero-order valence-corrected chi connectivity index (χ0v) is 33.5. The minimum Gasteiger partial charge on any atom is -0.440 e. The maximum absolute atomic E-state index is 14.5. The van der Waals surface area contributed by atoms with Crippen molar-refractivity contribution in [1.82, 2.24) is 15.6 Å². The lowest BCUT2D eigenvalue weighted by molar-refractivity contribution is -0.348. The van der Waals surface area contributed by atoms with E-state index in [0.717, 1.165) is 19.4 Å². The predicted octanol–water partition coefficient (Wildman–Crippen LogP) is 10.2. The molecule has 4 aromatic rings. The summed E-state index contributed by atoms with van der Waals surface area (Å²) in [5.74, 6) is -1.83. The summed E-state index contributed by atoms with van der Waals surface area (Å²) in [4.78, 5) is 52.4. The van der Waals surface area contributed by atoms with Crippen LogP contribution in [0.15, 0.2) is 79.0 Å². The van der Waals surface area contributed by atoms with Crippen LogP contribution < -0.4 is 21.3 Å². The minimum atomic E-state index is -6.26. The number of aryl methyl sites for hydroxylation is 3. The van der Waals surface area contributed by atoms with Gasteiger partial charge in [0.2, 0.25) is 0 Å². The van der Waals surface area contributed by atoms with E-state index in [1.165, 1.54) is 42.6 Å². The third-order valence-corrected chi connectivity index (χ3v) is 8.91. The maximum Gasteiger partial charge on any atom is 0.435 e. The van der Waals surface area contributed by atoms with Gasteiger partial charge in [0.1, 0.15) is 5.15 Å². The van der Waals surface area contributed by atoms with Crippen LogP contribution in [0.5, 0.6) is 0 Å². The van der Waals surface area contributed by atoms with Crippen LogP contribution in [-0.2, 0) is 10.4 Å². The summed E-state index contributed by atoms with van der Waals surface area (Å²) in [6.07, 6.45) is -16.9. The molecule has 4 N–H and O–H groups in total. The summed E-state index contributed by atoms with van der Waals surface area (Å²) >= 11 is 5.89. The molecule has 0 radical (unpaired) electrons. The van der Waals surface area contributed by atoms with E-state index in [0.29, 0.717) is 17.7 Å². The Bertz CT molecular complexity index is 2160. The summed E-state index contributed by atoms with van der Waals surface area (Å²) in [7, 11) is 0. The number of alkyl halides is 10. The molecule has 0 saturated heterocycles. The van der Waals surface area contributed by atoms with Gasteiger partial charge in [-0.3, -0.25) is 14.4 Å². The van der Waals surface area contributed by atoms with Gasteiger partial charge in [-0.1, -0.05) is 61.3 Å². The Kier molecular flexibility index (Phi) is 16.3. The van der Waals surface area contributed by atoms with Gasteiger partial charge in [0.15, 0.2) is 6.61 Å². The molecule has 330 valence electrons. The number of aromatic nitrogens is 1. The first-order valence-corrected chi connectivity index (χ1v) is 18.1. The van der Waals surface area contributed by atoms with Gasteiger partial charge in [0.25, 0.3) is 17.7 Å². The van der Waals surface area contributed by atoms with Crippen molar-refractivity contribution in [2.24, 2.45) is 5.92 Å². The number of benzene rings is 3. The lowest BCUT2D eigenvalue weighted by atomic mass is 9.90. The van der Waals surface area contributed by atoms with Crippen molar-refractivity contribution < 1.29 is 67.8 Å². The van der Waals surface area contributed by atoms with Gasteiger partial charge in [-0.2, -0.15) is 39.5 Å². The summed E-state index contributed by atoms with van der Waals surface area (Å²) in [5.41, 5.74) is -6.06. The summed E-state index contributed by atoms with van der Waals surface area (Å²) in [5, 5.41) is 9.87. The predicted molar refractivity (Wildman–Crippen MR) is 205 cm³/mol. The molecule has 4 amide bonds. The average Bonchev–Trinajstić information content (AvgIpc) is 3.16. The fraction of sp³-hybridized carbons (Fsp3) is 0.325. The lowest BCUT2D eigenvalue weighted by Gasteiger charge is -2.31. The molecule has 0 saturated carbocycles. The van der Waals surface area contributed by atoms with Gasteiger partial charge in [-0.15, -0.1) is 0 Å². The second kappa shape index (κ2) is 20.1. The molecule has 0 bridgehead atoms. The minimum absolute atomic E-state index is 0.00313. The molecule has 0 aliphatic rings. The highest BCUT2D eigenvalue weighted by Crippen LogP contribution is 2.53. The fourth-order valence-corrected chi connectivity index (χ4v) is 5.53. The first-order valence-electron chi connectivity index (χ1n) is 17.8. The number of nitrogens with zero attached hydrogens (tertiary/aromatic N) is 1. The largest absolute Gasteiger partial charge is 0.440 e. The second-order valence-electron chi connectivity index (χ2n) is 13.7. The number of hydrogen-bond donors (Lipinski definition) is 4. The molecular weight excluding hydrogens is 856 g/mol. The number of rotatable bonds is 11. The van der Waals surface area contributed by atoms with Crippen molar-refractivity contribution >= 4 is 46.8 Å². The van der Waals surface area contributed by atoms with E-state index in [4.69, 9.17) is 11.6 Å². The highest BCUT2D eigenvalue weighted by molar-refractivity contribution is 6.33. The van der Waals surface area contributed by atoms with Crippen LogP contribution in [0.4, 0.5) is 60.1 Å². The Morgan fingerprint density at radius 2 is 1.31 bits per heavy atom. The molecule has 4 rings (SSSR count). The third kappa shape index (κ3) is 13.5. The van der Waals surface area contributed by atoms with Crippen LogP contribution in [0.3, 0.4) is 0 Å². The molecule has 0 spiro atoms. The maximum atomic E-state index is 14.5. The van der Waals surface area contributed by atoms with Crippen molar-refractivity contribution in [3.63, 3.8) is 0 Å². The number of carbonyl (C=O) groups is 4. The van der Waals surface area contributed by atoms with Gasteiger partial charge in [-0.05, 0) is 80.3 Å². The molecule has 61 heavy (non-hydrogen) atoms. The van der Waals surface area contributed by atoms with Crippen molar-refractivity contribution in [2.75, 3.05) is 23.8 Å². The van der Waals surface area contributed by atoms with Gasteiger partial charge < -0.3 is 26.0 Å². The first-order chi connectivity index (χ1) is 28.1. The molecule has 3 aromatic carbocycles. The number of amides is 4. The van der Waals surface area contributed by atoms with E-state index in [2.05, 4.69) is 31.0 Å². The van der Waals surface area contributed by atoms with Crippen LogP contribution in [0.1, 0.15) is 67.2 Å². The zero-order chi connectivity index (χ0) is 46.1. The average molecular weight is 894 g/mol. The van der Waals surface area contributed by atoms with Crippen LogP contribution >= 0.6 is 11.6 Å². The summed E-state index contributed by atoms with van der Waals surface area (Å²) < 4.78 is 133. The molecule has 1 atom stereocenters. The Labute approximate surface area is 347 Å². The monoisotopic (exact) mass is 893 g/mol. The van der Waals surface area contributed by atoms with Gasteiger partial charge in [-0.25, -0.2) is 14.2 Å². The molecule has 21 heteroatoms. The molecule has 0 fully saturated rings. The van der Waals surface area contributed by atoms with E-state index >= 15 is 0 Å². The van der Waals surface area contributed by atoms with Crippen molar-refractivity contribution in [2.45, 2.75) is 64.9 Å². The molecule has 10 nitrogen and oxygen atoms in total. The highest BCUT2D eigenvalue weighted by Gasteiger charge is 2.73. The lowest BCUT2D eigenvalue weighted by Crippen LogP contribution is -2.50. The number of nitrogens with one attached hydrogen (secondary N) is 4. The van der Waals surface area contributed by atoms with Gasteiger partial charge in [0.05, 0.1) is 11.6 Å². The number of ether oxygens (including phenoxy) is 1. The van der Waals surface area contributed by atoms with E-state index in [-0.39, 0.29) is 57.2 Å². The van der Waals surface area contributed by atoms with Crippen LogP contribution in [0, 0.1) is 26.7 Å². The standard InChI is InChI=1S/C24H17ClF7N3O2.C16H21F3N2O3/c1-12-9-15(22(26,23(27,28)29)24(30,31)32)10-13(2)18(12)35-20(36)14-5-3-6-16(11-14)34-21(37)17-7-4-8-33-19(17)25;1-10(2)13(21-15(23)24-9-16(17,18)19)8-20-14(22)12-6-4-11(3)5-7-12/h3-11H,1-2H3,(H,34,37)(H,35,36);4-7,10,13H,8-9H2,1-3H3,(H,20,22)(H,21,23). The van der Waals surface area contributed by atoms with Crippen LogP contribution in [-0.4, -0.2) is 66.5 Å². The number of halogens is 11.